The van der Waals surface area contributed by atoms with E-state index in [4.69, 9.17) is 11.6 Å². The fraction of sp³-hybridized carbons (Fsp3) is 0.500. The van der Waals surface area contributed by atoms with Gasteiger partial charge < -0.3 is 5.32 Å². The zero-order chi connectivity index (χ0) is 10.1. The molecule has 1 saturated carbocycles. The summed E-state index contributed by atoms with van der Waals surface area (Å²) in [7, 11) is 2.03. The molecule has 1 N–H and O–H groups in total. The summed E-state index contributed by atoms with van der Waals surface area (Å²) in [5, 5.41) is 4.24. The summed E-state index contributed by atoms with van der Waals surface area (Å²) in [4.78, 5) is 0. The summed E-state index contributed by atoms with van der Waals surface area (Å²) < 4.78 is 0. The molecule has 0 heterocycles. The largest absolute Gasteiger partial charge is 0.317 e. The highest BCUT2D eigenvalue weighted by Gasteiger charge is 2.38. The van der Waals surface area contributed by atoms with Gasteiger partial charge in [-0.15, -0.1) is 0 Å². The standard InChI is InChI=1S/C12H16ClN/c1-8-10(7-12(8)14-2)9-5-3-4-6-11(9)13/h3-6,8,10,12,14H,7H2,1-2H3. The Hall–Kier alpha value is -0.530. The lowest BCUT2D eigenvalue weighted by Gasteiger charge is -2.43. The Kier molecular flexibility index (Phi) is 2.80. The molecule has 1 aromatic rings. The third-order valence-corrected chi connectivity index (χ3v) is 3.80. The first-order valence-corrected chi connectivity index (χ1v) is 5.53. The molecule has 0 spiro atoms. The zero-order valence-corrected chi connectivity index (χ0v) is 9.38. The van der Waals surface area contributed by atoms with E-state index in [9.17, 15) is 0 Å². The van der Waals surface area contributed by atoms with Crippen LogP contribution in [0.25, 0.3) is 0 Å². The predicted molar refractivity (Wildman–Crippen MR) is 60.8 cm³/mol. The summed E-state index contributed by atoms with van der Waals surface area (Å²) in [6.45, 7) is 2.29. The van der Waals surface area contributed by atoms with E-state index in [1.807, 2.05) is 19.2 Å². The lowest BCUT2D eigenvalue weighted by Crippen LogP contribution is -2.46. The molecule has 0 aromatic heterocycles. The van der Waals surface area contributed by atoms with Crippen LogP contribution < -0.4 is 5.32 Å². The first-order valence-electron chi connectivity index (χ1n) is 5.15. The minimum atomic E-state index is 0.640. The van der Waals surface area contributed by atoms with Crippen molar-refractivity contribution in [3.05, 3.63) is 34.9 Å². The Labute approximate surface area is 90.5 Å². The van der Waals surface area contributed by atoms with E-state index in [-0.39, 0.29) is 0 Å². The molecule has 0 aliphatic heterocycles. The summed E-state index contributed by atoms with van der Waals surface area (Å²) in [6, 6.07) is 8.85. The molecule has 1 nitrogen and oxygen atoms in total. The van der Waals surface area contributed by atoms with Crippen molar-refractivity contribution < 1.29 is 0 Å². The van der Waals surface area contributed by atoms with E-state index in [0.717, 1.165) is 5.02 Å². The van der Waals surface area contributed by atoms with Crippen LogP contribution >= 0.6 is 11.6 Å². The second-order valence-electron chi connectivity index (χ2n) is 4.12. The van der Waals surface area contributed by atoms with Crippen molar-refractivity contribution in [2.75, 3.05) is 7.05 Å². The van der Waals surface area contributed by atoms with Crippen LogP contribution in [-0.2, 0) is 0 Å². The van der Waals surface area contributed by atoms with Gasteiger partial charge in [0.15, 0.2) is 0 Å². The predicted octanol–water partition coefficient (Wildman–Crippen LogP) is 3.05. The van der Waals surface area contributed by atoms with Gasteiger partial charge in [-0.05, 0) is 36.9 Å². The second kappa shape index (κ2) is 3.92. The molecule has 1 aromatic carbocycles. The van der Waals surface area contributed by atoms with E-state index in [2.05, 4.69) is 24.4 Å². The average Bonchev–Trinajstić information content (AvgIpc) is 2.19. The average molecular weight is 210 g/mol. The van der Waals surface area contributed by atoms with Crippen LogP contribution in [0.15, 0.2) is 24.3 Å². The van der Waals surface area contributed by atoms with Crippen molar-refractivity contribution in [2.24, 2.45) is 5.92 Å². The zero-order valence-electron chi connectivity index (χ0n) is 8.63. The maximum Gasteiger partial charge on any atom is 0.0440 e. The van der Waals surface area contributed by atoms with Crippen molar-refractivity contribution in [3.8, 4) is 0 Å². The van der Waals surface area contributed by atoms with Gasteiger partial charge >= 0.3 is 0 Å². The SMILES string of the molecule is CNC1CC(c2ccccc2Cl)C1C. The smallest absolute Gasteiger partial charge is 0.0440 e. The molecular weight excluding hydrogens is 194 g/mol. The van der Waals surface area contributed by atoms with Crippen LogP contribution in [0, 0.1) is 5.92 Å². The molecule has 76 valence electrons. The van der Waals surface area contributed by atoms with Gasteiger partial charge in [0, 0.05) is 11.1 Å². The van der Waals surface area contributed by atoms with Gasteiger partial charge in [-0.2, -0.15) is 0 Å². The van der Waals surface area contributed by atoms with Crippen LogP contribution in [0.4, 0.5) is 0 Å². The van der Waals surface area contributed by atoms with Crippen LogP contribution in [0.3, 0.4) is 0 Å². The fourth-order valence-corrected chi connectivity index (χ4v) is 2.63. The van der Waals surface area contributed by atoms with Gasteiger partial charge in [-0.3, -0.25) is 0 Å². The van der Waals surface area contributed by atoms with Crippen molar-refractivity contribution in [3.63, 3.8) is 0 Å². The number of hydrogen-bond acceptors (Lipinski definition) is 1. The molecule has 3 atom stereocenters. The summed E-state index contributed by atoms with van der Waals surface area (Å²) >= 11 is 6.17. The van der Waals surface area contributed by atoms with Crippen LogP contribution in [-0.4, -0.2) is 13.1 Å². The Morgan fingerprint density at radius 2 is 2.07 bits per heavy atom. The van der Waals surface area contributed by atoms with Crippen molar-refractivity contribution in [1.29, 1.82) is 0 Å². The molecule has 2 rings (SSSR count). The van der Waals surface area contributed by atoms with E-state index >= 15 is 0 Å². The van der Waals surface area contributed by atoms with Gasteiger partial charge in [-0.25, -0.2) is 0 Å². The summed E-state index contributed by atoms with van der Waals surface area (Å²) in [6.07, 6.45) is 1.21. The van der Waals surface area contributed by atoms with Gasteiger partial charge in [0.1, 0.15) is 0 Å². The Morgan fingerprint density at radius 3 is 2.64 bits per heavy atom. The molecule has 3 unspecified atom stereocenters. The monoisotopic (exact) mass is 209 g/mol. The highest BCUT2D eigenvalue weighted by Crippen LogP contribution is 2.44. The van der Waals surface area contributed by atoms with Gasteiger partial charge in [0.2, 0.25) is 0 Å². The maximum absolute atomic E-state index is 6.17. The van der Waals surface area contributed by atoms with Crippen LogP contribution in [0.5, 0.6) is 0 Å². The van der Waals surface area contributed by atoms with E-state index in [1.54, 1.807) is 0 Å². The van der Waals surface area contributed by atoms with Gasteiger partial charge in [0.25, 0.3) is 0 Å². The molecule has 1 aliphatic rings. The molecular formula is C12H16ClN. The molecule has 0 amide bonds. The van der Waals surface area contributed by atoms with Crippen molar-refractivity contribution in [1.82, 2.24) is 5.32 Å². The Morgan fingerprint density at radius 1 is 1.36 bits per heavy atom. The van der Waals surface area contributed by atoms with Gasteiger partial charge in [-0.1, -0.05) is 36.7 Å². The quantitative estimate of drug-likeness (QED) is 0.790. The van der Waals surface area contributed by atoms with Crippen LogP contribution in [0.1, 0.15) is 24.8 Å². The second-order valence-corrected chi connectivity index (χ2v) is 4.53. The minimum absolute atomic E-state index is 0.640. The van der Waals surface area contributed by atoms with E-state index < -0.39 is 0 Å². The normalized spacial score (nSPS) is 31.2. The Bertz CT molecular complexity index is 324. The Balaban J connectivity index is 2.15. The first-order chi connectivity index (χ1) is 6.74. The number of halogens is 1. The number of nitrogens with one attached hydrogen (secondary N) is 1. The molecule has 1 aliphatic carbocycles. The maximum atomic E-state index is 6.17. The molecule has 14 heavy (non-hydrogen) atoms. The van der Waals surface area contributed by atoms with E-state index in [0.29, 0.717) is 17.9 Å². The number of benzene rings is 1. The molecule has 1 fully saturated rings. The lowest BCUT2D eigenvalue weighted by atomic mass is 9.67. The minimum Gasteiger partial charge on any atom is -0.317 e. The fourth-order valence-electron chi connectivity index (χ4n) is 2.35. The summed E-state index contributed by atoms with van der Waals surface area (Å²) in [5.74, 6) is 1.33. The lowest BCUT2D eigenvalue weighted by molar-refractivity contribution is 0.194. The molecule has 0 radical (unpaired) electrons. The van der Waals surface area contributed by atoms with E-state index in [1.165, 1.54) is 12.0 Å². The third-order valence-electron chi connectivity index (χ3n) is 3.45. The highest BCUT2D eigenvalue weighted by molar-refractivity contribution is 6.31. The highest BCUT2D eigenvalue weighted by atomic mass is 35.5. The topological polar surface area (TPSA) is 12.0 Å². The molecule has 2 heteroatoms. The third kappa shape index (κ3) is 1.55. The van der Waals surface area contributed by atoms with Crippen molar-refractivity contribution in [2.45, 2.75) is 25.3 Å². The molecule has 0 bridgehead atoms. The number of hydrogen-bond donors (Lipinski definition) is 1. The number of rotatable bonds is 2. The van der Waals surface area contributed by atoms with Crippen LogP contribution in [0.2, 0.25) is 5.02 Å². The van der Waals surface area contributed by atoms with Crippen molar-refractivity contribution >= 4 is 11.6 Å². The van der Waals surface area contributed by atoms with Gasteiger partial charge in [0.05, 0.1) is 0 Å². The first kappa shape index (κ1) is 10.0. The molecule has 0 saturated heterocycles. The summed E-state index contributed by atoms with van der Waals surface area (Å²) in [5.41, 5.74) is 1.31.